The van der Waals surface area contributed by atoms with Gasteiger partial charge >= 0.3 is 0 Å². The van der Waals surface area contributed by atoms with Crippen LogP contribution in [0, 0.1) is 6.92 Å². The van der Waals surface area contributed by atoms with Gasteiger partial charge in [-0.2, -0.15) is 0 Å². The van der Waals surface area contributed by atoms with Gasteiger partial charge in [-0.15, -0.1) is 0 Å². The van der Waals surface area contributed by atoms with Crippen LogP contribution in [0.5, 0.6) is 0 Å². The van der Waals surface area contributed by atoms with Crippen LogP contribution in [0.15, 0.2) is 47.9 Å². The third kappa shape index (κ3) is 5.14. The van der Waals surface area contributed by atoms with Crippen molar-refractivity contribution < 1.29 is 17.5 Å². The summed E-state index contributed by atoms with van der Waals surface area (Å²) in [4.78, 5) is -0.178. The van der Waals surface area contributed by atoms with E-state index in [-0.39, 0.29) is 4.90 Å². The molecule has 1 aromatic heterocycles. The molecular weight excluding hydrogens is 276 g/mol. The second-order valence-electron chi connectivity index (χ2n) is 4.34. The van der Waals surface area contributed by atoms with E-state index in [4.69, 9.17) is 0 Å². The second-order valence-corrected chi connectivity index (χ2v) is 5.72. The van der Waals surface area contributed by atoms with Gasteiger partial charge in [0.1, 0.15) is 22.5 Å². The highest BCUT2D eigenvalue weighted by atomic mass is 32.2. The van der Waals surface area contributed by atoms with Crippen LogP contribution in [0.4, 0.5) is 0 Å². The van der Waals surface area contributed by atoms with E-state index < -0.39 is 10.1 Å². The van der Waals surface area contributed by atoms with Crippen LogP contribution in [0.2, 0.25) is 0 Å². The topological polar surface area (TPSA) is 66.0 Å². The molecule has 5 nitrogen and oxygen atoms in total. The van der Waals surface area contributed by atoms with Crippen molar-refractivity contribution in [1.29, 1.82) is 0 Å². The maximum atomic E-state index is 10.4. The molecule has 0 fully saturated rings. The molecule has 0 spiro atoms. The summed E-state index contributed by atoms with van der Waals surface area (Å²) in [5.41, 5.74) is 0.928. The Labute approximate surface area is 120 Å². The van der Waals surface area contributed by atoms with Gasteiger partial charge in [-0.3, -0.25) is 0 Å². The highest BCUT2D eigenvalue weighted by Gasteiger charge is 1.98. The lowest BCUT2D eigenvalue weighted by Crippen LogP contribution is -2.28. The molecule has 6 heteroatoms. The van der Waals surface area contributed by atoms with Crippen LogP contribution in [0.3, 0.4) is 0 Å². The summed E-state index contributed by atoms with van der Waals surface area (Å²) in [7, 11) is -4.27. The standard InChI is InChI=1S/C7H13N2.C7H8O3S/c1-3-8-5-6-9(4-2)7-8;1-6-2-4-7(5-3-6)11(8,9)10/h5-7H,3-4H2,1-2H3;2-5H,1H3,(H,8,9,10)/q+1;/p-1. The summed E-state index contributed by atoms with van der Waals surface area (Å²) in [6.45, 7) is 8.22. The second kappa shape index (κ2) is 7.21. The third-order valence-electron chi connectivity index (χ3n) is 2.79. The van der Waals surface area contributed by atoms with Crippen molar-refractivity contribution in [2.75, 3.05) is 0 Å². The molecule has 0 aliphatic heterocycles. The van der Waals surface area contributed by atoms with Gasteiger partial charge in [-0.25, -0.2) is 17.6 Å². The zero-order valence-corrected chi connectivity index (χ0v) is 12.8. The molecule has 1 aromatic carbocycles. The van der Waals surface area contributed by atoms with Crippen LogP contribution in [-0.2, 0) is 23.2 Å². The van der Waals surface area contributed by atoms with E-state index in [1.807, 2.05) is 6.92 Å². The van der Waals surface area contributed by atoms with Gasteiger partial charge in [0.25, 0.3) is 0 Å². The Kier molecular flexibility index (Phi) is 5.91. The molecule has 0 saturated carbocycles. The molecule has 20 heavy (non-hydrogen) atoms. The first-order chi connectivity index (χ1) is 9.36. The highest BCUT2D eigenvalue weighted by molar-refractivity contribution is 7.85. The molecule has 0 bridgehead atoms. The highest BCUT2D eigenvalue weighted by Crippen LogP contribution is 2.08. The van der Waals surface area contributed by atoms with E-state index >= 15 is 0 Å². The number of benzene rings is 1. The number of nitrogens with zero attached hydrogens (tertiary/aromatic N) is 2. The Morgan fingerprint density at radius 1 is 1.20 bits per heavy atom. The summed E-state index contributed by atoms with van der Waals surface area (Å²) >= 11 is 0. The molecular formula is C14H20N2O3S. The summed E-state index contributed by atoms with van der Waals surface area (Å²) in [6.07, 6.45) is 6.28. The van der Waals surface area contributed by atoms with Gasteiger partial charge in [-0.1, -0.05) is 17.7 Å². The van der Waals surface area contributed by atoms with Gasteiger partial charge in [0.05, 0.1) is 18.0 Å². The minimum absolute atomic E-state index is 0.178. The normalized spacial score (nSPS) is 10.8. The first kappa shape index (κ1) is 16.4. The maximum absolute atomic E-state index is 10.4. The molecule has 0 amide bonds. The van der Waals surface area contributed by atoms with Crippen molar-refractivity contribution in [2.45, 2.75) is 38.8 Å². The molecule has 2 rings (SSSR count). The molecule has 0 unspecified atom stereocenters. The van der Waals surface area contributed by atoms with Crippen LogP contribution >= 0.6 is 0 Å². The van der Waals surface area contributed by atoms with E-state index in [0.29, 0.717) is 0 Å². The molecule has 0 radical (unpaired) electrons. The van der Waals surface area contributed by atoms with Crippen LogP contribution < -0.4 is 4.57 Å². The van der Waals surface area contributed by atoms with Crippen molar-refractivity contribution in [3.05, 3.63) is 48.5 Å². The van der Waals surface area contributed by atoms with Crippen molar-refractivity contribution in [1.82, 2.24) is 4.57 Å². The predicted octanol–water partition coefficient (Wildman–Crippen LogP) is 1.71. The van der Waals surface area contributed by atoms with Crippen molar-refractivity contribution >= 4 is 10.1 Å². The summed E-state index contributed by atoms with van der Waals surface area (Å²) < 4.78 is 35.5. The molecule has 0 aliphatic carbocycles. The fourth-order valence-electron chi connectivity index (χ4n) is 1.52. The van der Waals surface area contributed by atoms with E-state index in [9.17, 15) is 13.0 Å². The molecule has 0 saturated heterocycles. The Balaban J connectivity index is 0.000000204. The quantitative estimate of drug-likeness (QED) is 0.640. The van der Waals surface area contributed by atoms with E-state index in [1.54, 1.807) is 12.1 Å². The molecule has 1 heterocycles. The predicted molar refractivity (Wildman–Crippen MR) is 75.1 cm³/mol. The smallest absolute Gasteiger partial charge is 0.243 e. The fraction of sp³-hybridized carbons (Fsp3) is 0.357. The summed E-state index contributed by atoms with van der Waals surface area (Å²) in [5, 5.41) is 0. The van der Waals surface area contributed by atoms with Crippen LogP contribution in [-0.4, -0.2) is 17.5 Å². The van der Waals surface area contributed by atoms with Crippen molar-refractivity contribution in [3.63, 3.8) is 0 Å². The largest absolute Gasteiger partial charge is 0.744 e. The Bertz CT molecular complexity index is 612. The lowest BCUT2D eigenvalue weighted by molar-refractivity contribution is -0.693. The average Bonchev–Trinajstić information content (AvgIpc) is 2.87. The van der Waals surface area contributed by atoms with Gasteiger partial charge in [0, 0.05) is 0 Å². The van der Waals surface area contributed by atoms with Gasteiger partial charge in [-0.05, 0) is 32.9 Å². The number of rotatable bonds is 3. The monoisotopic (exact) mass is 296 g/mol. The van der Waals surface area contributed by atoms with Gasteiger partial charge in [0.2, 0.25) is 6.33 Å². The van der Waals surface area contributed by atoms with Gasteiger partial charge < -0.3 is 4.55 Å². The Morgan fingerprint density at radius 2 is 1.80 bits per heavy atom. The van der Waals surface area contributed by atoms with E-state index in [1.165, 1.54) is 12.1 Å². The average molecular weight is 296 g/mol. The number of aromatic nitrogens is 2. The third-order valence-corrected chi connectivity index (χ3v) is 3.64. The maximum Gasteiger partial charge on any atom is 0.243 e. The Morgan fingerprint density at radius 3 is 2.15 bits per heavy atom. The molecule has 0 N–H and O–H groups in total. The molecule has 110 valence electrons. The zero-order valence-electron chi connectivity index (χ0n) is 12.0. The summed E-state index contributed by atoms with van der Waals surface area (Å²) in [6, 6.07) is 5.78. The number of hydrogen-bond acceptors (Lipinski definition) is 3. The van der Waals surface area contributed by atoms with Crippen LogP contribution in [0.1, 0.15) is 19.4 Å². The van der Waals surface area contributed by atoms with Gasteiger partial charge in [0.15, 0.2) is 0 Å². The number of hydrogen-bond donors (Lipinski definition) is 0. The van der Waals surface area contributed by atoms with Crippen molar-refractivity contribution in [2.24, 2.45) is 0 Å². The zero-order chi connectivity index (χ0) is 15.2. The number of aryl methyl sites for hydroxylation is 3. The molecule has 2 aromatic rings. The van der Waals surface area contributed by atoms with Crippen molar-refractivity contribution in [3.8, 4) is 0 Å². The number of imidazole rings is 1. The lowest BCUT2D eigenvalue weighted by atomic mass is 10.2. The minimum Gasteiger partial charge on any atom is -0.744 e. The lowest BCUT2D eigenvalue weighted by Gasteiger charge is -2.05. The summed E-state index contributed by atoms with van der Waals surface area (Å²) in [5.74, 6) is 0. The van der Waals surface area contributed by atoms with E-state index in [2.05, 4.69) is 41.7 Å². The minimum atomic E-state index is -4.27. The SMILES string of the molecule is CCn1cc[n+](CC)c1.Cc1ccc(S(=O)(=O)[O-])cc1. The molecule has 0 atom stereocenters. The van der Waals surface area contributed by atoms with E-state index in [0.717, 1.165) is 18.7 Å². The molecule has 0 aliphatic rings. The first-order valence-corrected chi connectivity index (χ1v) is 7.85. The van der Waals surface area contributed by atoms with Crippen LogP contribution in [0.25, 0.3) is 0 Å². The Hall–Kier alpha value is -1.66. The first-order valence-electron chi connectivity index (χ1n) is 6.44. The fourth-order valence-corrected chi connectivity index (χ4v) is 1.99.